The molecule has 0 fully saturated rings. The van der Waals surface area contributed by atoms with Crippen molar-refractivity contribution in [3.05, 3.63) is 22.4 Å². The lowest BCUT2D eigenvalue weighted by Gasteiger charge is -2.04. The molecule has 1 aromatic heterocycles. The minimum atomic E-state index is 0.695. The molecule has 3 nitrogen and oxygen atoms in total. The van der Waals surface area contributed by atoms with E-state index >= 15 is 0 Å². The number of nitrogens with two attached hydrogens (primary N) is 1. The Labute approximate surface area is 86.4 Å². The zero-order chi connectivity index (χ0) is 9.68. The third-order valence-corrected chi connectivity index (χ3v) is 2.43. The molecule has 0 atom stereocenters. The molecule has 1 rings (SSSR count). The zero-order valence-electron chi connectivity index (χ0n) is 7.59. The summed E-state index contributed by atoms with van der Waals surface area (Å²) in [4.78, 5) is 4.26. The molecular weight excluding hydrogens is 232 g/mol. The van der Waals surface area contributed by atoms with Gasteiger partial charge in [-0.1, -0.05) is 0 Å². The quantitative estimate of drug-likeness (QED) is 0.878. The number of hydrogen-bond donors (Lipinski definition) is 1. The van der Waals surface area contributed by atoms with Crippen LogP contribution in [-0.2, 0) is 6.42 Å². The van der Waals surface area contributed by atoms with Crippen LogP contribution in [0, 0.1) is 0 Å². The van der Waals surface area contributed by atoms with Gasteiger partial charge in [0.05, 0.1) is 19.0 Å². The second-order valence-corrected chi connectivity index (χ2v) is 3.55. The van der Waals surface area contributed by atoms with Gasteiger partial charge in [-0.15, -0.1) is 0 Å². The minimum absolute atomic E-state index is 0.695. The van der Waals surface area contributed by atoms with Crippen molar-refractivity contribution in [3.63, 3.8) is 0 Å². The fourth-order valence-corrected chi connectivity index (χ4v) is 1.54. The lowest BCUT2D eigenvalue weighted by molar-refractivity contribution is 0.412. The fourth-order valence-electron chi connectivity index (χ4n) is 1.01. The smallest absolute Gasteiger partial charge is 0.138 e. The molecule has 0 spiro atoms. The molecule has 72 valence electrons. The Balaban J connectivity index is 2.73. The SMILES string of the molecule is COc1cnc(CCCN)c(Br)c1. The third kappa shape index (κ3) is 2.97. The third-order valence-electron chi connectivity index (χ3n) is 1.75. The maximum atomic E-state index is 5.41. The first kappa shape index (κ1) is 10.5. The van der Waals surface area contributed by atoms with E-state index < -0.39 is 0 Å². The summed E-state index contributed by atoms with van der Waals surface area (Å²) >= 11 is 3.43. The Kier molecular flexibility index (Phi) is 4.18. The van der Waals surface area contributed by atoms with Crippen molar-refractivity contribution in [1.82, 2.24) is 4.98 Å². The van der Waals surface area contributed by atoms with Crippen LogP contribution < -0.4 is 10.5 Å². The predicted octanol–water partition coefficient (Wildman–Crippen LogP) is 1.74. The highest BCUT2D eigenvalue weighted by molar-refractivity contribution is 9.10. The Morgan fingerprint density at radius 3 is 2.92 bits per heavy atom. The number of nitrogens with zero attached hydrogens (tertiary/aromatic N) is 1. The van der Waals surface area contributed by atoms with E-state index in [2.05, 4.69) is 20.9 Å². The Bertz CT molecular complexity index is 278. The summed E-state index contributed by atoms with van der Waals surface area (Å²) in [7, 11) is 1.63. The number of halogens is 1. The van der Waals surface area contributed by atoms with Crippen LogP contribution in [-0.4, -0.2) is 18.6 Å². The van der Waals surface area contributed by atoms with Crippen molar-refractivity contribution < 1.29 is 4.74 Å². The summed E-state index contributed by atoms with van der Waals surface area (Å²) in [6.07, 6.45) is 3.58. The lowest BCUT2D eigenvalue weighted by atomic mass is 10.2. The summed E-state index contributed by atoms with van der Waals surface area (Å²) in [5, 5.41) is 0. The fraction of sp³-hybridized carbons (Fsp3) is 0.444. The van der Waals surface area contributed by atoms with E-state index in [0.29, 0.717) is 6.54 Å². The summed E-state index contributed by atoms with van der Waals surface area (Å²) in [5.41, 5.74) is 6.45. The second-order valence-electron chi connectivity index (χ2n) is 2.70. The summed E-state index contributed by atoms with van der Waals surface area (Å²) in [5.74, 6) is 0.767. The van der Waals surface area contributed by atoms with Crippen LogP contribution in [0.25, 0.3) is 0 Å². The monoisotopic (exact) mass is 244 g/mol. The summed E-state index contributed by atoms with van der Waals surface area (Å²) in [6, 6.07) is 1.92. The van der Waals surface area contributed by atoms with Crippen LogP contribution in [0.5, 0.6) is 5.75 Å². The number of aryl methyl sites for hydroxylation is 1. The van der Waals surface area contributed by atoms with Crippen LogP contribution in [0.2, 0.25) is 0 Å². The van der Waals surface area contributed by atoms with Crippen LogP contribution in [0.1, 0.15) is 12.1 Å². The van der Waals surface area contributed by atoms with Gasteiger partial charge in [0.2, 0.25) is 0 Å². The average Bonchev–Trinajstić information content (AvgIpc) is 2.16. The zero-order valence-corrected chi connectivity index (χ0v) is 9.17. The molecule has 13 heavy (non-hydrogen) atoms. The van der Waals surface area contributed by atoms with Gasteiger partial charge in [-0.2, -0.15) is 0 Å². The number of methoxy groups -OCH3 is 1. The van der Waals surface area contributed by atoms with Gasteiger partial charge in [0.1, 0.15) is 5.75 Å². The van der Waals surface area contributed by atoms with Gasteiger partial charge in [-0.3, -0.25) is 4.98 Å². The van der Waals surface area contributed by atoms with E-state index in [4.69, 9.17) is 10.5 Å². The highest BCUT2D eigenvalue weighted by Crippen LogP contribution is 2.21. The number of hydrogen-bond acceptors (Lipinski definition) is 3. The molecule has 0 amide bonds. The normalized spacial score (nSPS) is 10.1. The highest BCUT2D eigenvalue weighted by Gasteiger charge is 2.02. The van der Waals surface area contributed by atoms with Crippen molar-refractivity contribution in [2.24, 2.45) is 5.73 Å². The molecule has 0 saturated carbocycles. The van der Waals surface area contributed by atoms with Gasteiger partial charge in [-0.25, -0.2) is 0 Å². The molecule has 0 unspecified atom stereocenters. The first-order valence-electron chi connectivity index (χ1n) is 4.16. The first-order valence-corrected chi connectivity index (χ1v) is 4.95. The van der Waals surface area contributed by atoms with Crippen molar-refractivity contribution in [3.8, 4) is 5.75 Å². The molecule has 1 heterocycles. The summed E-state index contributed by atoms with van der Waals surface area (Å²) < 4.78 is 6.02. The molecule has 0 bridgehead atoms. The molecule has 4 heteroatoms. The molecule has 0 aliphatic rings. The predicted molar refractivity (Wildman–Crippen MR) is 55.9 cm³/mol. The Morgan fingerprint density at radius 1 is 1.62 bits per heavy atom. The minimum Gasteiger partial charge on any atom is -0.495 e. The molecule has 0 saturated heterocycles. The van der Waals surface area contributed by atoms with Crippen LogP contribution >= 0.6 is 15.9 Å². The van der Waals surface area contributed by atoms with Gasteiger partial charge in [0.25, 0.3) is 0 Å². The van der Waals surface area contributed by atoms with E-state index in [-0.39, 0.29) is 0 Å². The van der Waals surface area contributed by atoms with E-state index in [1.807, 2.05) is 6.07 Å². The molecule has 0 radical (unpaired) electrons. The van der Waals surface area contributed by atoms with E-state index in [0.717, 1.165) is 28.8 Å². The maximum Gasteiger partial charge on any atom is 0.138 e. The topological polar surface area (TPSA) is 48.1 Å². The van der Waals surface area contributed by atoms with Crippen molar-refractivity contribution in [2.75, 3.05) is 13.7 Å². The summed E-state index contributed by atoms with van der Waals surface area (Å²) in [6.45, 7) is 0.695. The van der Waals surface area contributed by atoms with E-state index in [9.17, 15) is 0 Å². The van der Waals surface area contributed by atoms with Crippen LogP contribution in [0.3, 0.4) is 0 Å². The van der Waals surface area contributed by atoms with Crippen molar-refractivity contribution >= 4 is 15.9 Å². The first-order chi connectivity index (χ1) is 6.27. The van der Waals surface area contributed by atoms with Gasteiger partial charge in [0, 0.05) is 4.47 Å². The number of ether oxygens (including phenoxy) is 1. The average molecular weight is 245 g/mol. The van der Waals surface area contributed by atoms with Gasteiger partial charge < -0.3 is 10.5 Å². The van der Waals surface area contributed by atoms with Crippen LogP contribution in [0.4, 0.5) is 0 Å². The molecule has 1 aromatic rings. The lowest BCUT2D eigenvalue weighted by Crippen LogP contribution is -2.02. The van der Waals surface area contributed by atoms with Crippen LogP contribution in [0.15, 0.2) is 16.7 Å². The molecule has 2 N–H and O–H groups in total. The molecule has 0 aliphatic carbocycles. The van der Waals surface area contributed by atoms with E-state index in [1.165, 1.54) is 0 Å². The largest absolute Gasteiger partial charge is 0.495 e. The van der Waals surface area contributed by atoms with Gasteiger partial charge in [0.15, 0.2) is 0 Å². The maximum absolute atomic E-state index is 5.41. The van der Waals surface area contributed by atoms with Gasteiger partial charge in [-0.05, 0) is 41.4 Å². The van der Waals surface area contributed by atoms with Crippen molar-refractivity contribution in [2.45, 2.75) is 12.8 Å². The molecule has 0 aromatic carbocycles. The molecule has 0 aliphatic heterocycles. The standard InChI is InChI=1S/C9H13BrN2O/c1-13-7-5-8(10)9(12-6-7)3-2-4-11/h5-6H,2-4,11H2,1H3. The number of pyridine rings is 1. The highest BCUT2D eigenvalue weighted by atomic mass is 79.9. The number of aromatic nitrogens is 1. The Morgan fingerprint density at radius 2 is 2.38 bits per heavy atom. The van der Waals surface area contributed by atoms with Crippen molar-refractivity contribution in [1.29, 1.82) is 0 Å². The van der Waals surface area contributed by atoms with Gasteiger partial charge >= 0.3 is 0 Å². The second kappa shape index (κ2) is 5.19. The van der Waals surface area contributed by atoms with E-state index in [1.54, 1.807) is 13.3 Å². The number of rotatable bonds is 4. The Hall–Kier alpha value is -0.610. The molecular formula is C9H13BrN2O.